The Morgan fingerprint density at radius 1 is 1.29 bits per heavy atom. The number of hydrogen-bond acceptors (Lipinski definition) is 4. The normalized spacial score (nSPS) is 18.8. The summed E-state index contributed by atoms with van der Waals surface area (Å²) in [7, 11) is 0. The number of nitrogens with one attached hydrogen (secondary N) is 2. The van der Waals surface area contributed by atoms with Gasteiger partial charge in [-0.1, -0.05) is 24.8 Å². The highest BCUT2D eigenvalue weighted by Gasteiger charge is 2.23. The van der Waals surface area contributed by atoms with Gasteiger partial charge in [-0.2, -0.15) is 0 Å². The SMILES string of the molecule is C=C1/C=C(/c2ccccc2C(=O)NCC2CC2)C=NCNC=C1c1ccoc1. The van der Waals surface area contributed by atoms with Gasteiger partial charge in [0.05, 0.1) is 12.5 Å². The molecule has 0 bridgehead atoms. The fourth-order valence-electron chi connectivity index (χ4n) is 3.16. The van der Waals surface area contributed by atoms with Crippen molar-refractivity contribution in [1.82, 2.24) is 10.6 Å². The number of aliphatic imine (C=N–C) groups is 1. The van der Waals surface area contributed by atoms with Gasteiger partial charge in [-0.15, -0.1) is 0 Å². The molecule has 2 N–H and O–H groups in total. The van der Waals surface area contributed by atoms with E-state index in [1.165, 1.54) is 12.8 Å². The number of hydrogen-bond donors (Lipinski definition) is 2. The maximum atomic E-state index is 12.8. The largest absolute Gasteiger partial charge is 0.472 e. The molecule has 1 saturated carbocycles. The molecule has 28 heavy (non-hydrogen) atoms. The summed E-state index contributed by atoms with van der Waals surface area (Å²) in [5.41, 5.74) is 5.01. The van der Waals surface area contributed by atoms with Crippen LogP contribution in [-0.4, -0.2) is 25.3 Å². The third-order valence-electron chi connectivity index (χ3n) is 4.90. The topological polar surface area (TPSA) is 66.6 Å². The Labute approximate surface area is 164 Å². The summed E-state index contributed by atoms with van der Waals surface area (Å²) in [5.74, 6) is 0.585. The quantitative estimate of drug-likeness (QED) is 0.831. The molecule has 2 aromatic rings. The van der Waals surface area contributed by atoms with Crippen molar-refractivity contribution in [1.29, 1.82) is 0 Å². The smallest absolute Gasteiger partial charge is 0.251 e. The van der Waals surface area contributed by atoms with E-state index in [4.69, 9.17) is 4.42 Å². The Kier molecular flexibility index (Phi) is 5.24. The molecule has 0 saturated heterocycles. The highest BCUT2D eigenvalue weighted by molar-refractivity contribution is 6.15. The Bertz CT molecular complexity index is 963. The molecule has 1 aliphatic heterocycles. The molecule has 2 heterocycles. The van der Waals surface area contributed by atoms with Crippen molar-refractivity contribution in [3.63, 3.8) is 0 Å². The van der Waals surface area contributed by atoms with Crippen molar-refractivity contribution in [2.75, 3.05) is 13.2 Å². The van der Waals surface area contributed by atoms with Crippen molar-refractivity contribution in [2.24, 2.45) is 10.9 Å². The van der Waals surface area contributed by atoms with E-state index in [2.05, 4.69) is 22.2 Å². The summed E-state index contributed by atoms with van der Waals surface area (Å²) in [6, 6.07) is 9.51. The van der Waals surface area contributed by atoms with Crippen LogP contribution in [0, 0.1) is 5.92 Å². The van der Waals surface area contributed by atoms with E-state index >= 15 is 0 Å². The first kappa shape index (κ1) is 18.0. The van der Waals surface area contributed by atoms with Crippen LogP contribution in [-0.2, 0) is 0 Å². The molecule has 1 aromatic heterocycles. The molecule has 142 valence electrons. The van der Waals surface area contributed by atoms with E-state index in [1.54, 1.807) is 18.7 Å². The second-order valence-electron chi connectivity index (χ2n) is 7.07. The lowest BCUT2D eigenvalue weighted by atomic mass is 9.95. The lowest BCUT2D eigenvalue weighted by Gasteiger charge is -2.12. The lowest BCUT2D eigenvalue weighted by molar-refractivity contribution is 0.0951. The van der Waals surface area contributed by atoms with Crippen LogP contribution in [0.25, 0.3) is 11.1 Å². The van der Waals surface area contributed by atoms with Crippen LogP contribution in [0.3, 0.4) is 0 Å². The van der Waals surface area contributed by atoms with Crippen LogP contribution in [0.5, 0.6) is 0 Å². The van der Waals surface area contributed by atoms with Gasteiger partial charge in [0.2, 0.25) is 0 Å². The van der Waals surface area contributed by atoms with Crippen molar-refractivity contribution >= 4 is 23.3 Å². The molecule has 2 aliphatic rings. The second kappa shape index (κ2) is 8.13. The van der Waals surface area contributed by atoms with E-state index in [1.807, 2.05) is 42.6 Å². The van der Waals surface area contributed by atoms with Gasteiger partial charge in [-0.05, 0) is 48.1 Å². The highest BCUT2D eigenvalue weighted by Crippen LogP contribution is 2.29. The van der Waals surface area contributed by atoms with Crippen molar-refractivity contribution in [3.8, 4) is 0 Å². The Morgan fingerprint density at radius 3 is 2.93 bits per heavy atom. The maximum Gasteiger partial charge on any atom is 0.251 e. The molecule has 1 aromatic carbocycles. The zero-order valence-corrected chi connectivity index (χ0v) is 15.7. The van der Waals surface area contributed by atoms with Gasteiger partial charge in [0.25, 0.3) is 5.91 Å². The van der Waals surface area contributed by atoms with Crippen LogP contribution in [0.1, 0.15) is 34.3 Å². The summed E-state index contributed by atoms with van der Waals surface area (Å²) in [6.07, 6.45) is 11.4. The van der Waals surface area contributed by atoms with Crippen LogP contribution in [0.4, 0.5) is 0 Å². The molecule has 5 heteroatoms. The first-order valence-corrected chi connectivity index (χ1v) is 9.47. The standard InChI is InChI=1S/C23H23N3O2/c1-16-10-19(12-24-15-25-13-22(16)18-8-9-28-14-18)20-4-2-3-5-21(20)23(27)26-11-17-6-7-17/h2-5,8-10,12-14,17,25H,1,6-7,11,15H2,(H,26,27)/b19-10+,22-13?,24-12?. The fraction of sp³-hybridized carbons (Fsp3) is 0.217. The summed E-state index contributed by atoms with van der Waals surface area (Å²) < 4.78 is 5.22. The first-order valence-electron chi connectivity index (χ1n) is 9.47. The number of nitrogens with zero attached hydrogens (tertiary/aromatic N) is 1. The number of rotatable bonds is 5. The molecular formula is C23H23N3O2. The molecule has 5 nitrogen and oxygen atoms in total. The zero-order valence-electron chi connectivity index (χ0n) is 15.7. The third-order valence-corrected chi connectivity index (χ3v) is 4.90. The molecule has 0 radical (unpaired) electrons. The van der Waals surface area contributed by atoms with E-state index in [-0.39, 0.29) is 5.91 Å². The number of carbonyl (C=O) groups is 1. The predicted octanol–water partition coefficient (Wildman–Crippen LogP) is 4.03. The summed E-state index contributed by atoms with van der Waals surface area (Å²) in [4.78, 5) is 17.2. The monoisotopic (exact) mass is 373 g/mol. The highest BCUT2D eigenvalue weighted by atomic mass is 16.3. The summed E-state index contributed by atoms with van der Waals surface area (Å²) >= 11 is 0. The molecule has 0 unspecified atom stereocenters. The third kappa shape index (κ3) is 4.14. The van der Waals surface area contributed by atoms with Crippen molar-refractivity contribution in [3.05, 3.63) is 84.0 Å². The first-order chi connectivity index (χ1) is 13.7. The van der Waals surface area contributed by atoms with Crippen LogP contribution >= 0.6 is 0 Å². The van der Waals surface area contributed by atoms with Gasteiger partial charge in [-0.3, -0.25) is 9.79 Å². The molecule has 1 fully saturated rings. The molecule has 1 aliphatic carbocycles. The van der Waals surface area contributed by atoms with Gasteiger partial charge in [-0.25, -0.2) is 0 Å². The van der Waals surface area contributed by atoms with Crippen LogP contribution in [0.2, 0.25) is 0 Å². The molecular weight excluding hydrogens is 350 g/mol. The van der Waals surface area contributed by atoms with Gasteiger partial charge in [0.15, 0.2) is 0 Å². The van der Waals surface area contributed by atoms with E-state index < -0.39 is 0 Å². The van der Waals surface area contributed by atoms with E-state index in [0.29, 0.717) is 18.2 Å². The molecule has 4 rings (SSSR count). The molecule has 1 amide bonds. The predicted molar refractivity (Wildman–Crippen MR) is 112 cm³/mol. The fourth-order valence-corrected chi connectivity index (χ4v) is 3.16. The number of benzene rings is 1. The number of carbonyl (C=O) groups excluding carboxylic acids is 1. The van der Waals surface area contributed by atoms with E-state index in [9.17, 15) is 4.79 Å². The number of amides is 1. The number of furan rings is 1. The summed E-state index contributed by atoms with van der Waals surface area (Å²) in [5, 5.41) is 6.22. The second-order valence-corrected chi connectivity index (χ2v) is 7.07. The van der Waals surface area contributed by atoms with Gasteiger partial charge < -0.3 is 15.1 Å². The zero-order chi connectivity index (χ0) is 19.3. The van der Waals surface area contributed by atoms with Gasteiger partial charge in [0.1, 0.15) is 6.67 Å². The average Bonchev–Trinajstić information content (AvgIpc) is 3.37. The number of allylic oxidation sites excluding steroid dienone is 4. The minimum Gasteiger partial charge on any atom is -0.472 e. The van der Waals surface area contributed by atoms with Gasteiger partial charge in [0, 0.05) is 41.2 Å². The van der Waals surface area contributed by atoms with Crippen molar-refractivity contribution in [2.45, 2.75) is 12.8 Å². The minimum absolute atomic E-state index is 0.0500. The maximum absolute atomic E-state index is 12.8. The molecule has 0 spiro atoms. The van der Waals surface area contributed by atoms with E-state index in [0.717, 1.165) is 34.4 Å². The average molecular weight is 373 g/mol. The Balaban J connectivity index is 1.67. The van der Waals surface area contributed by atoms with Crippen LogP contribution < -0.4 is 10.6 Å². The van der Waals surface area contributed by atoms with Crippen molar-refractivity contribution < 1.29 is 9.21 Å². The summed E-state index contributed by atoms with van der Waals surface area (Å²) in [6.45, 7) is 5.40. The minimum atomic E-state index is -0.0500. The van der Waals surface area contributed by atoms with Gasteiger partial charge >= 0.3 is 0 Å². The van der Waals surface area contributed by atoms with Crippen LogP contribution in [0.15, 0.2) is 76.7 Å². The molecule has 0 atom stereocenters. The Hall–Kier alpha value is -3.34. The lowest BCUT2D eigenvalue weighted by Crippen LogP contribution is -2.26. The Morgan fingerprint density at radius 2 is 2.14 bits per heavy atom.